The fraction of sp³-hybridized carbons (Fsp3) is 0.333. The zero-order valence-electron chi connectivity index (χ0n) is 10.2. The van der Waals surface area contributed by atoms with Crippen molar-refractivity contribution in [2.45, 2.75) is 26.5 Å². The highest BCUT2D eigenvalue weighted by Crippen LogP contribution is 2.21. The van der Waals surface area contributed by atoms with E-state index in [2.05, 4.69) is 4.98 Å². The van der Waals surface area contributed by atoms with E-state index < -0.39 is 0 Å². The molecule has 0 saturated heterocycles. The molecule has 1 aromatic carbocycles. The van der Waals surface area contributed by atoms with E-state index in [0.29, 0.717) is 10.5 Å². The number of hydrogen-bond donors (Lipinski definition) is 1. The Morgan fingerprint density at radius 2 is 2.28 bits per heavy atom. The fourth-order valence-electron chi connectivity index (χ4n) is 1.72. The molecule has 6 heteroatoms. The number of nitrogens with zero attached hydrogens (tertiary/aromatic N) is 2. The molecule has 0 aliphatic rings. The SMILES string of the molecule is CC(C)OC(=O)Cn1c(N)nc2cc(Cl)ccc21. The van der Waals surface area contributed by atoms with Gasteiger partial charge in [0.15, 0.2) is 0 Å². The summed E-state index contributed by atoms with van der Waals surface area (Å²) in [6.07, 6.45) is -0.150. The topological polar surface area (TPSA) is 70.1 Å². The van der Waals surface area contributed by atoms with Crippen LogP contribution in [0.15, 0.2) is 18.2 Å². The summed E-state index contributed by atoms with van der Waals surface area (Å²) in [5, 5.41) is 0.580. The van der Waals surface area contributed by atoms with Crippen LogP contribution in [0, 0.1) is 0 Å². The van der Waals surface area contributed by atoms with E-state index >= 15 is 0 Å². The van der Waals surface area contributed by atoms with Crippen molar-refractivity contribution in [3.63, 3.8) is 0 Å². The van der Waals surface area contributed by atoms with Crippen molar-refractivity contribution < 1.29 is 9.53 Å². The highest BCUT2D eigenvalue weighted by Gasteiger charge is 2.13. The Labute approximate surface area is 109 Å². The smallest absolute Gasteiger partial charge is 0.326 e. The molecule has 0 radical (unpaired) electrons. The number of rotatable bonds is 3. The third-order valence-corrected chi connectivity index (χ3v) is 2.63. The van der Waals surface area contributed by atoms with Crippen LogP contribution in [0.1, 0.15) is 13.8 Å². The first-order valence-electron chi connectivity index (χ1n) is 5.58. The van der Waals surface area contributed by atoms with Gasteiger partial charge in [0.05, 0.1) is 17.1 Å². The van der Waals surface area contributed by atoms with E-state index in [1.807, 2.05) is 0 Å². The van der Waals surface area contributed by atoms with E-state index in [1.165, 1.54) is 0 Å². The summed E-state index contributed by atoms with van der Waals surface area (Å²) in [4.78, 5) is 15.8. The number of aromatic nitrogens is 2. The number of carbonyl (C=O) groups is 1. The fourth-order valence-corrected chi connectivity index (χ4v) is 1.88. The van der Waals surface area contributed by atoms with Crippen molar-refractivity contribution in [3.8, 4) is 0 Å². The van der Waals surface area contributed by atoms with Crippen LogP contribution in [0.2, 0.25) is 5.02 Å². The van der Waals surface area contributed by atoms with Gasteiger partial charge in [-0.2, -0.15) is 0 Å². The molecule has 18 heavy (non-hydrogen) atoms. The Kier molecular flexibility index (Phi) is 3.43. The normalized spacial score (nSPS) is 11.1. The Bertz CT molecular complexity index is 592. The van der Waals surface area contributed by atoms with Gasteiger partial charge in [0.2, 0.25) is 5.95 Å². The van der Waals surface area contributed by atoms with E-state index in [0.717, 1.165) is 5.52 Å². The molecule has 0 amide bonds. The maximum absolute atomic E-state index is 11.6. The van der Waals surface area contributed by atoms with Gasteiger partial charge in [0, 0.05) is 5.02 Å². The highest BCUT2D eigenvalue weighted by molar-refractivity contribution is 6.31. The predicted octanol–water partition coefficient (Wildman–Crippen LogP) is 2.22. The lowest BCUT2D eigenvalue weighted by atomic mass is 10.3. The Morgan fingerprint density at radius 1 is 1.56 bits per heavy atom. The molecule has 0 aliphatic heterocycles. The molecule has 2 rings (SSSR count). The van der Waals surface area contributed by atoms with Crippen LogP contribution < -0.4 is 5.73 Å². The summed E-state index contributed by atoms with van der Waals surface area (Å²) in [6.45, 7) is 3.64. The van der Waals surface area contributed by atoms with Crippen molar-refractivity contribution in [1.82, 2.24) is 9.55 Å². The third kappa shape index (κ3) is 2.56. The zero-order chi connectivity index (χ0) is 13.3. The molecule has 0 bridgehead atoms. The van der Waals surface area contributed by atoms with Gasteiger partial charge in [-0.3, -0.25) is 9.36 Å². The van der Waals surface area contributed by atoms with Gasteiger partial charge in [0.1, 0.15) is 6.54 Å². The maximum Gasteiger partial charge on any atom is 0.326 e. The number of carbonyl (C=O) groups excluding carboxylic acids is 1. The molecule has 1 heterocycles. The van der Waals surface area contributed by atoms with Crippen molar-refractivity contribution in [2.24, 2.45) is 0 Å². The summed E-state index contributed by atoms with van der Waals surface area (Å²) >= 11 is 5.87. The Balaban J connectivity index is 2.33. The molecular weight excluding hydrogens is 254 g/mol. The number of anilines is 1. The number of fused-ring (bicyclic) bond motifs is 1. The number of halogens is 1. The maximum atomic E-state index is 11.6. The number of benzene rings is 1. The molecule has 0 atom stereocenters. The van der Waals surface area contributed by atoms with Crippen LogP contribution in [-0.2, 0) is 16.1 Å². The second-order valence-electron chi connectivity index (χ2n) is 4.23. The molecular formula is C12H14ClN3O2. The zero-order valence-corrected chi connectivity index (χ0v) is 10.9. The summed E-state index contributed by atoms with van der Waals surface area (Å²) in [5.41, 5.74) is 7.21. The van der Waals surface area contributed by atoms with Gasteiger partial charge in [-0.1, -0.05) is 11.6 Å². The molecule has 0 fully saturated rings. The minimum absolute atomic E-state index is 0.0438. The number of nitrogen functional groups attached to an aromatic ring is 1. The van der Waals surface area contributed by atoms with E-state index in [9.17, 15) is 4.79 Å². The summed E-state index contributed by atoms with van der Waals surface area (Å²) in [5.74, 6) is -0.0704. The van der Waals surface area contributed by atoms with Gasteiger partial charge >= 0.3 is 5.97 Å². The lowest BCUT2D eigenvalue weighted by molar-refractivity contribution is -0.147. The van der Waals surface area contributed by atoms with Gasteiger partial charge < -0.3 is 10.5 Å². The third-order valence-electron chi connectivity index (χ3n) is 2.39. The van der Waals surface area contributed by atoms with Gasteiger partial charge in [0.25, 0.3) is 0 Å². The first-order valence-corrected chi connectivity index (χ1v) is 5.96. The Morgan fingerprint density at radius 3 is 2.94 bits per heavy atom. The lowest BCUT2D eigenvalue weighted by Crippen LogP contribution is -2.18. The predicted molar refractivity (Wildman–Crippen MR) is 70.4 cm³/mol. The summed E-state index contributed by atoms with van der Waals surface area (Å²) < 4.78 is 6.69. The number of hydrogen-bond acceptors (Lipinski definition) is 4. The lowest BCUT2D eigenvalue weighted by Gasteiger charge is -2.09. The van der Waals surface area contributed by atoms with Crippen molar-refractivity contribution >= 4 is 34.6 Å². The van der Waals surface area contributed by atoms with Crippen molar-refractivity contribution in [2.75, 3.05) is 5.73 Å². The Hall–Kier alpha value is -1.75. The van der Waals surface area contributed by atoms with E-state index in [1.54, 1.807) is 36.6 Å². The quantitative estimate of drug-likeness (QED) is 0.866. The minimum atomic E-state index is -0.342. The molecule has 0 unspecified atom stereocenters. The van der Waals surface area contributed by atoms with Crippen LogP contribution >= 0.6 is 11.6 Å². The van der Waals surface area contributed by atoms with Gasteiger partial charge in [-0.25, -0.2) is 4.98 Å². The molecule has 2 N–H and O–H groups in total. The summed E-state index contributed by atoms with van der Waals surface area (Å²) in [6, 6.07) is 5.22. The van der Waals surface area contributed by atoms with Crippen LogP contribution in [0.4, 0.5) is 5.95 Å². The van der Waals surface area contributed by atoms with E-state index in [-0.39, 0.29) is 24.6 Å². The second-order valence-corrected chi connectivity index (χ2v) is 4.66. The average Bonchev–Trinajstić information content (AvgIpc) is 2.53. The highest BCUT2D eigenvalue weighted by atomic mass is 35.5. The molecule has 1 aromatic heterocycles. The van der Waals surface area contributed by atoms with Crippen LogP contribution in [0.25, 0.3) is 11.0 Å². The first kappa shape index (κ1) is 12.7. The molecule has 0 spiro atoms. The molecule has 5 nitrogen and oxygen atoms in total. The molecule has 96 valence electrons. The number of esters is 1. The van der Waals surface area contributed by atoms with Crippen LogP contribution in [-0.4, -0.2) is 21.6 Å². The number of imidazole rings is 1. The molecule has 0 aliphatic carbocycles. The van der Waals surface area contributed by atoms with Gasteiger partial charge in [-0.05, 0) is 32.0 Å². The molecule has 2 aromatic rings. The second kappa shape index (κ2) is 4.86. The number of ether oxygens (including phenoxy) is 1. The van der Waals surface area contributed by atoms with Crippen LogP contribution in [0.5, 0.6) is 0 Å². The standard InChI is InChI=1S/C12H14ClN3O2/c1-7(2)18-11(17)6-16-10-4-3-8(13)5-9(10)15-12(16)14/h3-5,7H,6H2,1-2H3,(H2,14,15). The van der Waals surface area contributed by atoms with Crippen molar-refractivity contribution in [3.05, 3.63) is 23.2 Å². The van der Waals surface area contributed by atoms with Gasteiger partial charge in [-0.15, -0.1) is 0 Å². The number of nitrogens with two attached hydrogens (primary N) is 1. The first-order chi connectivity index (χ1) is 8.47. The summed E-state index contributed by atoms with van der Waals surface area (Å²) in [7, 11) is 0. The van der Waals surface area contributed by atoms with Crippen LogP contribution in [0.3, 0.4) is 0 Å². The monoisotopic (exact) mass is 267 g/mol. The largest absolute Gasteiger partial charge is 0.462 e. The van der Waals surface area contributed by atoms with Crippen molar-refractivity contribution in [1.29, 1.82) is 0 Å². The molecule has 0 saturated carbocycles. The average molecular weight is 268 g/mol. The van der Waals surface area contributed by atoms with E-state index in [4.69, 9.17) is 22.1 Å². The minimum Gasteiger partial charge on any atom is -0.462 e.